The number of amides is 1. The van der Waals surface area contributed by atoms with Crippen molar-refractivity contribution in [1.82, 2.24) is 10.4 Å². The molecule has 0 aliphatic carbocycles. The molecular weight excluding hydrogens is 188 g/mol. The van der Waals surface area contributed by atoms with Crippen LogP contribution in [0.3, 0.4) is 0 Å². The summed E-state index contributed by atoms with van der Waals surface area (Å²) in [5.41, 5.74) is 5.14. The van der Waals surface area contributed by atoms with E-state index in [1.807, 2.05) is 38.1 Å². The number of carbonyl (C=O) groups excluding carboxylic acids is 1. The zero-order chi connectivity index (χ0) is 10.8. The minimum atomic E-state index is 0.0885. The Balaban J connectivity index is 2.22. The lowest BCUT2D eigenvalue weighted by Gasteiger charge is -2.30. The lowest BCUT2D eigenvalue weighted by molar-refractivity contribution is 0.0612. The molecule has 1 aliphatic heterocycles. The Kier molecular flexibility index (Phi) is 2.73. The van der Waals surface area contributed by atoms with Crippen molar-refractivity contribution in [2.45, 2.75) is 26.3 Å². The molecule has 1 aromatic carbocycles. The second-order valence-electron chi connectivity index (χ2n) is 4.15. The molecule has 0 saturated heterocycles. The van der Waals surface area contributed by atoms with Crippen molar-refractivity contribution in [3.8, 4) is 0 Å². The molecule has 1 N–H and O–H groups in total. The lowest BCUT2D eigenvalue weighted by Crippen LogP contribution is -2.49. The average Bonchev–Trinajstić information content (AvgIpc) is 2.22. The van der Waals surface area contributed by atoms with Crippen molar-refractivity contribution < 1.29 is 4.79 Å². The molecular formula is C12H16N2O. The van der Waals surface area contributed by atoms with Crippen molar-refractivity contribution in [2.24, 2.45) is 0 Å². The third-order valence-electron chi connectivity index (χ3n) is 2.51. The van der Waals surface area contributed by atoms with E-state index in [0.29, 0.717) is 6.04 Å². The molecule has 1 amide bonds. The van der Waals surface area contributed by atoms with Crippen LogP contribution in [0.5, 0.6) is 0 Å². The van der Waals surface area contributed by atoms with Gasteiger partial charge < -0.3 is 0 Å². The first-order valence-corrected chi connectivity index (χ1v) is 5.34. The Hall–Kier alpha value is -1.35. The molecule has 0 radical (unpaired) electrons. The molecule has 0 saturated carbocycles. The van der Waals surface area contributed by atoms with E-state index in [-0.39, 0.29) is 5.91 Å². The zero-order valence-corrected chi connectivity index (χ0v) is 9.16. The quantitative estimate of drug-likeness (QED) is 0.793. The van der Waals surface area contributed by atoms with Gasteiger partial charge in [-0.2, -0.15) is 0 Å². The number of rotatable bonds is 2. The Morgan fingerprint density at radius 3 is 2.80 bits per heavy atom. The van der Waals surface area contributed by atoms with E-state index in [9.17, 15) is 4.79 Å². The number of nitrogens with zero attached hydrogens (tertiary/aromatic N) is 1. The Labute approximate surface area is 90.1 Å². The summed E-state index contributed by atoms with van der Waals surface area (Å²) in [5.74, 6) is 0.0885. The van der Waals surface area contributed by atoms with Gasteiger partial charge in [-0.1, -0.05) is 18.2 Å². The van der Waals surface area contributed by atoms with Gasteiger partial charge >= 0.3 is 0 Å². The van der Waals surface area contributed by atoms with Crippen LogP contribution in [0.25, 0.3) is 0 Å². The first kappa shape index (κ1) is 10.2. The molecule has 0 fully saturated rings. The third kappa shape index (κ3) is 2.02. The summed E-state index contributed by atoms with van der Waals surface area (Å²) in [7, 11) is 0. The molecule has 0 spiro atoms. The SMILES string of the molecule is CC(C)NN1CCc2ccccc2C1=O. The second kappa shape index (κ2) is 4.03. The van der Waals surface area contributed by atoms with Crippen LogP contribution < -0.4 is 5.43 Å². The third-order valence-corrected chi connectivity index (χ3v) is 2.51. The fraction of sp³-hybridized carbons (Fsp3) is 0.417. The van der Waals surface area contributed by atoms with E-state index >= 15 is 0 Å². The van der Waals surface area contributed by atoms with Crippen molar-refractivity contribution in [3.63, 3.8) is 0 Å². The number of hydrazine groups is 1. The zero-order valence-electron chi connectivity index (χ0n) is 9.16. The van der Waals surface area contributed by atoms with Crippen LogP contribution in [0.4, 0.5) is 0 Å². The van der Waals surface area contributed by atoms with Gasteiger partial charge in [0.25, 0.3) is 5.91 Å². The van der Waals surface area contributed by atoms with Gasteiger partial charge in [0.05, 0.1) is 0 Å². The van der Waals surface area contributed by atoms with Gasteiger partial charge in [-0.15, -0.1) is 0 Å². The van der Waals surface area contributed by atoms with Crippen molar-refractivity contribution in [3.05, 3.63) is 35.4 Å². The fourth-order valence-corrected chi connectivity index (χ4v) is 1.86. The number of hydrogen-bond acceptors (Lipinski definition) is 2. The predicted molar refractivity (Wildman–Crippen MR) is 59.5 cm³/mol. The van der Waals surface area contributed by atoms with Crippen LogP contribution >= 0.6 is 0 Å². The summed E-state index contributed by atoms with van der Waals surface area (Å²) < 4.78 is 0. The molecule has 0 unspecified atom stereocenters. The highest BCUT2D eigenvalue weighted by molar-refractivity contribution is 5.96. The molecule has 3 heteroatoms. The Bertz CT molecular complexity index is 374. The summed E-state index contributed by atoms with van der Waals surface area (Å²) in [5, 5.41) is 1.72. The fourth-order valence-electron chi connectivity index (χ4n) is 1.86. The van der Waals surface area contributed by atoms with Gasteiger partial charge in [-0.25, -0.2) is 5.43 Å². The summed E-state index contributed by atoms with van der Waals surface area (Å²) in [6.45, 7) is 4.83. The van der Waals surface area contributed by atoms with E-state index in [0.717, 1.165) is 24.1 Å². The first-order valence-electron chi connectivity index (χ1n) is 5.34. The largest absolute Gasteiger partial charge is 0.273 e. The van der Waals surface area contributed by atoms with Gasteiger partial charge in [-0.3, -0.25) is 9.80 Å². The maximum Gasteiger partial charge on any atom is 0.268 e. The van der Waals surface area contributed by atoms with Crippen molar-refractivity contribution >= 4 is 5.91 Å². The smallest absolute Gasteiger partial charge is 0.268 e. The van der Waals surface area contributed by atoms with E-state index < -0.39 is 0 Å². The van der Waals surface area contributed by atoms with Crippen LogP contribution in [0.2, 0.25) is 0 Å². The van der Waals surface area contributed by atoms with Gasteiger partial charge in [0.15, 0.2) is 0 Å². The summed E-state index contributed by atoms with van der Waals surface area (Å²) >= 11 is 0. The molecule has 1 aromatic rings. The van der Waals surface area contributed by atoms with Crippen molar-refractivity contribution in [2.75, 3.05) is 6.54 Å². The highest BCUT2D eigenvalue weighted by Crippen LogP contribution is 2.17. The normalized spacial score (nSPS) is 15.7. The maximum absolute atomic E-state index is 12.0. The summed E-state index contributed by atoms with van der Waals surface area (Å²) in [6.07, 6.45) is 0.932. The topological polar surface area (TPSA) is 32.3 Å². The number of nitrogens with one attached hydrogen (secondary N) is 1. The summed E-state index contributed by atoms with van der Waals surface area (Å²) in [4.78, 5) is 12.0. The van der Waals surface area contributed by atoms with Crippen LogP contribution in [-0.4, -0.2) is 23.5 Å². The number of fused-ring (bicyclic) bond motifs is 1. The van der Waals surface area contributed by atoms with Gasteiger partial charge in [0.1, 0.15) is 0 Å². The second-order valence-corrected chi connectivity index (χ2v) is 4.15. The molecule has 0 aromatic heterocycles. The van der Waals surface area contributed by atoms with Crippen LogP contribution in [0.15, 0.2) is 24.3 Å². The molecule has 15 heavy (non-hydrogen) atoms. The molecule has 2 rings (SSSR count). The average molecular weight is 204 g/mol. The number of hydrogen-bond donors (Lipinski definition) is 1. The minimum absolute atomic E-state index is 0.0885. The monoisotopic (exact) mass is 204 g/mol. The Morgan fingerprint density at radius 2 is 2.07 bits per heavy atom. The van der Waals surface area contributed by atoms with Crippen molar-refractivity contribution in [1.29, 1.82) is 0 Å². The Morgan fingerprint density at radius 1 is 1.33 bits per heavy atom. The van der Waals surface area contributed by atoms with E-state index in [2.05, 4.69) is 5.43 Å². The molecule has 0 bridgehead atoms. The number of benzene rings is 1. The van der Waals surface area contributed by atoms with Gasteiger partial charge in [-0.05, 0) is 31.9 Å². The van der Waals surface area contributed by atoms with E-state index in [1.54, 1.807) is 5.01 Å². The minimum Gasteiger partial charge on any atom is -0.273 e. The lowest BCUT2D eigenvalue weighted by atomic mass is 10.0. The van der Waals surface area contributed by atoms with Crippen LogP contribution in [0, 0.1) is 0 Å². The molecule has 0 atom stereocenters. The molecule has 80 valence electrons. The summed E-state index contributed by atoms with van der Waals surface area (Å²) in [6, 6.07) is 8.11. The van der Waals surface area contributed by atoms with Gasteiger partial charge in [0, 0.05) is 18.2 Å². The molecule has 1 aliphatic rings. The predicted octanol–water partition coefficient (Wildman–Crippen LogP) is 1.60. The van der Waals surface area contributed by atoms with E-state index in [4.69, 9.17) is 0 Å². The van der Waals surface area contributed by atoms with Crippen LogP contribution in [-0.2, 0) is 6.42 Å². The first-order chi connectivity index (χ1) is 7.18. The highest BCUT2D eigenvalue weighted by Gasteiger charge is 2.23. The highest BCUT2D eigenvalue weighted by atomic mass is 16.2. The molecule has 3 nitrogen and oxygen atoms in total. The number of carbonyl (C=O) groups is 1. The van der Waals surface area contributed by atoms with Crippen LogP contribution in [0.1, 0.15) is 29.8 Å². The van der Waals surface area contributed by atoms with Gasteiger partial charge in [0.2, 0.25) is 0 Å². The maximum atomic E-state index is 12.0. The standard InChI is InChI=1S/C12H16N2O/c1-9(2)13-14-8-7-10-5-3-4-6-11(10)12(14)15/h3-6,9,13H,7-8H2,1-2H3. The van der Waals surface area contributed by atoms with E-state index in [1.165, 1.54) is 0 Å². The molecule has 1 heterocycles.